The highest BCUT2D eigenvalue weighted by molar-refractivity contribution is 9.10. The molecule has 0 atom stereocenters. The van der Waals surface area contributed by atoms with Crippen LogP contribution in [0.25, 0.3) is 0 Å². The van der Waals surface area contributed by atoms with Crippen molar-refractivity contribution < 1.29 is 4.79 Å². The molecule has 1 fully saturated rings. The van der Waals surface area contributed by atoms with Crippen LogP contribution < -0.4 is 4.90 Å². The molecule has 0 bridgehead atoms. The number of piperazine rings is 1. The molecule has 4 heteroatoms. The molecule has 0 unspecified atom stereocenters. The van der Waals surface area contributed by atoms with Crippen LogP contribution in [0.15, 0.2) is 22.7 Å². The molecule has 1 aliphatic heterocycles. The monoisotopic (exact) mass is 324 g/mol. The molecule has 1 amide bonds. The fourth-order valence-electron chi connectivity index (χ4n) is 2.51. The van der Waals surface area contributed by atoms with Crippen molar-refractivity contribution in [2.24, 2.45) is 5.92 Å². The van der Waals surface area contributed by atoms with Gasteiger partial charge in [0.1, 0.15) is 0 Å². The van der Waals surface area contributed by atoms with Gasteiger partial charge >= 0.3 is 0 Å². The first-order valence-corrected chi connectivity index (χ1v) is 7.58. The van der Waals surface area contributed by atoms with Crippen LogP contribution >= 0.6 is 15.9 Å². The second-order valence-corrected chi connectivity index (χ2v) is 6.31. The lowest BCUT2D eigenvalue weighted by atomic mass is 10.1. The molecule has 1 heterocycles. The second kappa shape index (κ2) is 5.95. The zero-order valence-corrected chi connectivity index (χ0v) is 13.4. The quantitative estimate of drug-likeness (QED) is 0.834. The van der Waals surface area contributed by atoms with Crippen LogP contribution in [0, 0.1) is 12.8 Å². The van der Waals surface area contributed by atoms with Gasteiger partial charge in [-0.3, -0.25) is 4.79 Å². The number of nitrogens with zero attached hydrogens (tertiary/aromatic N) is 2. The van der Waals surface area contributed by atoms with Gasteiger partial charge in [0.25, 0.3) is 0 Å². The molecule has 0 aromatic heterocycles. The van der Waals surface area contributed by atoms with E-state index in [9.17, 15) is 4.79 Å². The molecule has 0 saturated carbocycles. The lowest BCUT2D eigenvalue weighted by Crippen LogP contribution is -2.50. The summed E-state index contributed by atoms with van der Waals surface area (Å²) in [7, 11) is 0. The minimum absolute atomic E-state index is 0.0981. The Morgan fingerprint density at radius 1 is 1.21 bits per heavy atom. The molecule has 1 aliphatic rings. The molecule has 0 radical (unpaired) electrons. The smallest absolute Gasteiger partial charge is 0.225 e. The first-order valence-electron chi connectivity index (χ1n) is 6.79. The molecule has 0 spiro atoms. The number of carbonyl (C=O) groups is 1. The molecule has 1 aromatic rings. The summed E-state index contributed by atoms with van der Waals surface area (Å²) < 4.78 is 1.11. The van der Waals surface area contributed by atoms with Gasteiger partial charge in [0.2, 0.25) is 5.91 Å². The molecular formula is C15H21BrN2O. The van der Waals surface area contributed by atoms with Gasteiger partial charge in [0.15, 0.2) is 0 Å². The number of rotatable bonds is 2. The molecule has 3 nitrogen and oxygen atoms in total. The third-order valence-corrected chi connectivity index (χ3v) is 4.08. The molecular weight excluding hydrogens is 304 g/mol. The molecule has 1 saturated heterocycles. The number of hydrogen-bond donors (Lipinski definition) is 0. The van der Waals surface area contributed by atoms with Crippen molar-refractivity contribution >= 4 is 27.5 Å². The number of hydrogen-bond acceptors (Lipinski definition) is 2. The molecule has 2 rings (SSSR count). The van der Waals surface area contributed by atoms with Gasteiger partial charge in [-0.15, -0.1) is 0 Å². The molecule has 104 valence electrons. The summed E-state index contributed by atoms with van der Waals surface area (Å²) in [6.45, 7) is 9.55. The van der Waals surface area contributed by atoms with E-state index in [1.165, 1.54) is 11.3 Å². The van der Waals surface area contributed by atoms with Crippen LogP contribution in [0.1, 0.15) is 19.4 Å². The molecule has 19 heavy (non-hydrogen) atoms. The van der Waals surface area contributed by atoms with Crippen molar-refractivity contribution in [3.63, 3.8) is 0 Å². The van der Waals surface area contributed by atoms with Gasteiger partial charge in [-0.05, 0) is 30.7 Å². The van der Waals surface area contributed by atoms with E-state index >= 15 is 0 Å². The SMILES string of the molecule is Cc1cc(Br)ccc1N1CCN(C(=O)C(C)C)CC1. The molecule has 1 aromatic carbocycles. The lowest BCUT2D eigenvalue weighted by molar-refractivity contribution is -0.134. The van der Waals surface area contributed by atoms with Crippen LogP contribution in [0.2, 0.25) is 0 Å². The zero-order valence-electron chi connectivity index (χ0n) is 11.8. The average Bonchev–Trinajstić information content (AvgIpc) is 2.38. The Balaban J connectivity index is 2.02. The first kappa shape index (κ1) is 14.4. The van der Waals surface area contributed by atoms with Crippen molar-refractivity contribution in [1.29, 1.82) is 0 Å². The Hall–Kier alpha value is -1.03. The van der Waals surface area contributed by atoms with Crippen molar-refractivity contribution in [3.05, 3.63) is 28.2 Å². The Morgan fingerprint density at radius 2 is 1.84 bits per heavy atom. The van der Waals surface area contributed by atoms with E-state index < -0.39 is 0 Å². The van der Waals surface area contributed by atoms with Gasteiger partial charge in [-0.1, -0.05) is 29.8 Å². The third kappa shape index (κ3) is 3.30. The highest BCUT2D eigenvalue weighted by Gasteiger charge is 2.23. The Kier molecular flexibility index (Phi) is 4.50. The van der Waals surface area contributed by atoms with Crippen molar-refractivity contribution in [2.75, 3.05) is 31.1 Å². The van der Waals surface area contributed by atoms with Gasteiger partial charge < -0.3 is 9.80 Å². The highest BCUT2D eigenvalue weighted by Crippen LogP contribution is 2.25. The standard InChI is InChI=1S/C15H21BrN2O/c1-11(2)15(19)18-8-6-17(7-9-18)14-5-4-13(16)10-12(14)3/h4-5,10-11H,6-9H2,1-3H3. The van der Waals surface area contributed by atoms with E-state index in [2.05, 4.69) is 46.0 Å². The summed E-state index contributed by atoms with van der Waals surface area (Å²) in [4.78, 5) is 16.3. The first-order chi connectivity index (χ1) is 8.99. The highest BCUT2D eigenvalue weighted by atomic mass is 79.9. The average molecular weight is 325 g/mol. The van der Waals surface area contributed by atoms with Crippen LogP contribution in [-0.2, 0) is 4.79 Å². The van der Waals surface area contributed by atoms with E-state index in [1.807, 2.05) is 18.7 Å². The van der Waals surface area contributed by atoms with Crippen molar-refractivity contribution in [3.8, 4) is 0 Å². The van der Waals surface area contributed by atoms with Crippen LogP contribution in [0.5, 0.6) is 0 Å². The zero-order chi connectivity index (χ0) is 14.0. The molecule has 0 aliphatic carbocycles. The van der Waals surface area contributed by atoms with Crippen LogP contribution in [0.4, 0.5) is 5.69 Å². The minimum atomic E-state index is 0.0981. The molecule has 0 N–H and O–H groups in total. The summed E-state index contributed by atoms with van der Waals surface area (Å²) in [6, 6.07) is 6.37. The Bertz CT molecular complexity index is 465. The third-order valence-electron chi connectivity index (χ3n) is 3.58. The number of benzene rings is 1. The maximum absolute atomic E-state index is 12.0. The minimum Gasteiger partial charge on any atom is -0.368 e. The summed E-state index contributed by atoms with van der Waals surface area (Å²) in [5.74, 6) is 0.369. The number of amides is 1. The Labute approximate surface area is 123 Å². The number of aryl methyl sites for hydroxylation is 1. The Morgan fingerprint density at radius 3 is 2.37 bits per heavy atom. The van der Waals surface area contributed by atoms with Crippen LogP contribution in [-0.4, -0.2) is 37.0 Å². The summed E-state index contributed by atoms with van der Waals surface area (Å²) in [5, 5.41) is 0. The van der Waals surface area contributed by atoms with Crippen molar-refractivity contribution in [1.82, 2.24) is 4.90 Å². The number of halogens is 1. The van der Waals surface area contributed by atoms with Gasteiger partial charge in [0.05, 0.1) is 0 Å². The van der Waals surface area contributed by atoms with Crippen molar-refractivity contribution in [2.45, 2.75) is 20.8 Å². The van der Waals surface area contributed by atoms with Gasteiger partial charge in [-0.2, -0.15) is 0 Å². The van der Waals surface area contributed by atoms with E-state index in [0.717, 1.165) is 30.7 Å². The lowest BCUT2D eigenvalue weighted by Gasteiger charge is -2.37. The fraction of sp³-hybridized carbons (Fsp3) is 0.533. The maximum atomic E-state index is 12.0. The van der Waals surface area contributed by atoms with E-state index in [1.54, 1.807) is 0 Å². The predicted octanol–water partition coefficient (Wildman–Crippen LogP) is 3.06. The van der Waals surface area contributed by atoms with E-state index in [0.29, 0.717) is 0 Å². The van der Waals surface area contributed by atoms with E-state index in [-0.39, 0.29) is 11.8 Å². The van der Waals surface area contributed by atoms with Crippen LogP contribution in [0.3, 0.4) is 0 Å². The number of carbonyl (C=O) groups excluding carboxylic acids is 1. The fourth-order valence-corrected chi connectivity index (χ4v) is 2.98. The normalized spacial score (nSPS) is 16.1. The number of anilines is 1. The van der Waals surface area contributed by atoms with Gasteiger partial charge in [-0.25, -0.2) is 0 Å². The topological polar surface area (TPSA) is 23.6 Å². The second-order valence-electron chi connectivity index (χ2n) is 5.40. The summed E-state index contributed by atoms with van der Waals surface area (Å²) in [6.07, 6.45) is 0. The predicted molar refractivity (Wildman–Crippen MR) is 82.5 cm³/mol. The summed E-state index contributed by atoms with van der Waals surface area (Å²) >= 11 is 3.49. The van der Waals surface area contributed by atoms with Gasteiger partial charge in [0, 0.05) is 42.3 Å². The largest absolute Gasteiger partial charge is 0.368 e. The summed E-state index contributed by atoms with van der Waals surface area (Å²) in [5.41, 5.74) is 2.55. The maximum Gasteiger partial charge on any atom is 0.225 e. The van der Waals surface area contributed by atoms with E-state index in [4.69, 9.17) is 0 Å².